The van der Waals surface area contributed by atoms with E-state index in [2.05, 4.69) is 27.1 Å². The molecule has 1 aliphatic rings. The summed E-state index contributed by atoms with van der Waals surface area (Å²) in [7, 11) is 1.73. The molecule has 0 aromatic heterocycles. The molecule has 90 valence electrons. The molecule has 0 saturated carbocycles. The molecule has 1 heterocycles. The predicted molar refractivity (Wildman–Crippen MR) is 61.3 cm³/mol. The lowest BCUT2D eigenvalue weighted by Gasteiger charge is -2.03. The maximum absolute atomic E-state index is 9.19. The summed E-state index contributed by atoms with van der Waals surface area (Å²) in [5.41, 5.74) is 1.64. The third-order valence-corrected chi connectivity index (χ3v) is 2.16. The second-order valence-electron chi connectivity index (χ2n) is 3.00. The van der Waals surface area contributed by atoms with Crippen LogP contribution in [-0.4, -0.2) is 36.6 Å². The standard InChI is InChI=1S/C7H13ClNO.Cl2HO2P/c1-10-5-7-3-2-4-9(7)6-8;1-5(2,3)4/h6-7H,2-5H2,1H3;(H,3,4)/q+1;/p-1/t7-;/m0./s1. The number of hydrogen-bond acceptors (Lipinski definition) is 3. The highest BCUT2D eigenvalue weighted by Crippen LogP contribution is 2.46. The second-order valence-corrected chi connectivity index (χ2v) is 7.21. The summed E-state index contributed by atoms with van der Waals surface area (Å²) in [5.74, 6) is 0. The monoisotopic (exact) mass is 295 g/mol. The number of ether oxygens (including phenoxy) is 1. The zero-order valence-corrected chi connectivity index (χ0v) is 11.4. The molecule has 4 nitrogen and oxygen atoms in total. The molecule has 1 aliphatic heterocycles. The van der Waals surface area contributed by atoms with Crippen LogP contribution in [0.1, 0.15) is 12.8 Å². The minimum absolute atomic E-state index is 0.516. The van der Waals surface area contributed by atoms with Gasteiger partial charge in [-0.3, -0.25) is 0 Å². The van der Waals surface area contributed by atoms with Gasteiger partial charge in [0.2, 0.25) is 5.67 Å². The van der Waals surface area contributed by atoms with Crippen LogP contribution >= 0.6 is 40.2 Å². The average molecular weight is 297 g/mol. The van der Waals surface area contributed by atoms with Gasteiger partial charge in [-0.1, -0.05) is 22.5 Å². The van der Waals surface area contributed by atoms with Crippen molar-refractivity contribution in [1.29, 1.82) is 0 Å². The molecule has 0 bridgehead atoms. The van der Waals surface area contributed by atoms with Gasteiger partial charge in [0.1, 0.15) is 13.2 Å². The minimum atomic E-state index is -3.94. The largest absolute Gasteiger partial charge is 0.776 e. The first-order chi connectivity index (χ1) is 6.88. The molecular weight excluding hydrogens is 283 g/mol. The van der Waals surface area contributed by atoms with E-state index in [1.54, 1.807) is 12.8 Å². The van der Waals surface area contributed by atoms with Gasteiger partial charge in [-0.2, -0.15) is 0 Å². The first kappa shape index (κ1) is 15.7. The van der Waals surface area contributed by atoms with Crippen LogP contribution in [0.15, 0.2) is 0 Å². The highest BCUT2D eigenvalue weighted by molar-refractivity contribution is 8.03. The fourth-order valence-corrected chi connectivity index (χ4v) is 1.61. The number of halogens is 3. The molecule has 1 atom stereocenters. The van der Waals surface area contributed by atoms with Crippen molar-refractivity contribution < 1.29 is 18.8 Å². The SMILES string of the molecule is COC[C@@H]1CCC[N+]1=CCl.O=P([O-])(Cl)Cl. The molecule has 0 aliphatic carbocycles. The lowest BCUT2D eigenvalue weighted by atomic mass is 10.2. The first-order valence-electron chi connectivity index (χ1n) is 4.27. The summed E-state index contributed by atoms with van der Waals surface area (Å²) < 4.78 is 16.4. The molecule has 15 heavy (non-hydrogen) atoms. The Kier molecular flexibility index (Phi) is 8.24. The van der Waals surface area contributed by atoms with Gasteiger partial charge in [-0.05, 0) is 11.6 Å². The third-order valence-electron chi connectivity index (χ3n) is 1.91. The van der Waals surface area contributed by atoms with Crippen LogP contribution in [-0.2, 0) is 9.30 Å². The summed E-state index contributed by atoms with van der Waals surface area (Å²) in [6.07, 6.45) is -1.51. The van der Waals surface area contributed by atoms with Crippen LogP contribution in [0.5, 0.6) is 0 Å². The summed E-state index contributed by atoms with van der Waals surface area (Å²) in [6, 6.07) is 0.516. The number of hydrogen-bond donors (Lipinski definition) is 0. The Morgan fingerprint density at radius 3 is 2.60 bits per heavy atom. The van der Waals surface area contributed by atoms with Crippen LogP contribution in [0.2, 0.25) is 0 Å². The van der Waals surface area contributed by atoms with Crippen LogP contribution in [0.4, 0.5) is 0 Å². The summed E-state index contributed by atoms with van der Waals surface area (Å²) >= 11 is 14.2. The van der Waals surface area contributed by atoms with Crippen LogP contribution in [0, 0.1) is 0 Å². The van der Waals surface area contributed by atoms with Gasteiger partial charge in [0.25, 0.3) is 0 Å². The second kappa shape index (κ2) is 7.88. The summed E-state index contributed by atoms with van der Waals surface area (Å²) in [6.45, 7) is 1.88. The van der Waals surface area contributed by atoms with Crippen LogP contribution in [0.25, 0.3) is 0 Å². The van der Waals surface area contributed by atoms with E-state index in [0.717, 1.165) is 13.2 Å². The van der Waals surface area contributed by atoms with Gasteiger partial charge < -0.3 is 14.2 Å². The molecule has 0 spiro atoms. The minimum Gasteiger partial charge on any atom is -0.776 e. The van der Waals surface area contributed by atoms with E-state index in [0.29, 0.717) is 6.04 Å². The van der Waals surface area contributed by atoms with Crippen molar-refractivity contribution >= 4 is 45.8 Å². The average Bonchev–Trinajstić information content (AvgIpc) is 2.49. The molecule has 0 N–H and O–H groups in total. The Labute approximate surface area is 104 Å². The lowest BCUT2D eigenvalue weighted by molar-refractivity contribution is -0.540. The van der Waals surface area contributed by atoms with Gasteiger partial charge >= 0.3 is 0 Å². The number of rotatable bonds is 2. The van der Waals surface area contributed by atoms with Crippen LogP contribution in [0.3, 0.4) is 0 Å². The molecule has 0 unspecified atom stereocenters. The molecule has 0 aromatic rings. The maximum atomic E-state index is 9.19. The number of methoxy groups -OCH3 is 1. The summed E-state index contributed by atoms with van der Waals surface area (Å²) in [5, 5.41) is 0. The van der Waals surface area contributed by atoms with Gasteiger partial charge in [-0.15, -0.1) is 0 Å². The topological polar surface area (TPSA) is 52.4 Å². The fraction of sp³-hybridized carbons (Fsp3) is 0.857. The Hall–Kier alpha value is 0.690. The number of nitrogens with zero attached hydrogens (tertiary/aromatic N) is 1. The van der Waals surface area contributed by atoms with E-state index in [1.165, 1.54) is 12.8 Å². The van der Waals surface area contributed by atoms with Crippen molar-refractivity contribution in [2.45, 2.75) is 18.9 Å². The van der Waals surface area contributed by atoms with Gasteiger partial charge in [0.15, 0.2) is 12.1 Å². The van der Waals surface area contributed by atoms with E-state index < -0.39 is 6.07 Å². The highest BCUT2D eigenvalue weighted by atomic mass is 35.9. The zero-order valence-electron chi connectivity index (χ0n) is 8.24. The fourth-order valence-electron chi connectivity index (χ4n) is 1.36. The van der Waals surface area contributed by atoms with Crippen molar-refractivity contribution in [1.82, 2.24) is 0 Å². The molecular formula is C7H13Cl3NO3P. The molecule has 0 radical (unpaired) electrons. The van der Waals surface area contributed by atoms with Gasteiger partial charge in [0, 0.05) is 20.0 Å². The first-order valence-corrected chi connectivity index (χ1v) is 8.14. The van der Waals surface area contributed by atoms with Crippen molar-refractivity contribution in [3.63, 3.8) is 0 Å². The molecule has 1 saturated heterocycles. The molecule has 1 rings (SSSR count). The van der Waals surface area contributed by atoms with Crippen molar-refractivity contribution in [3.8, 4) is 0 Å². The zero-order chi connectivity index (χ0) is 11.9. The Bertz CT molecular complexity index is 248. The van der Waals surface area contributed by atoms with Crippen molar-refractivity contribution in [2.75, 3.05) is 20.3 Å². The third kappa shape index (κ3) is 9.61. The quantitative estimate of drug-likeness (QED) is 0.578. The van der Waals surface area contributed by atoms with E-state index >= 15 is 0 Å². The van der Waals surface area contributed by atoms with E-state index in [4.69, 9.17) is 16.3 Å². The summed E-state index contributed by atoms with van der Waals surface area (Å²) in [4.78, 5) is 9.19. The van der Waals surface area contributed by atoms with E-state index in [-0.39, 0.29) is 0 Å². The smallest absolute Gasteiger partial charge is 0.232 e. The van der Waals surface area contributed by atoms with Gasteiger partial charge in [0.05, 0.1) is 0 Å². The Balaban J connectivity index is 0.000000336. The highest BCUT2D eigenvalue weighted by Gasteiger charge is 2.26. The predicted octanol–water partition coefficient (Wildman–Crippen LogP) is 2.01. The van der Waals surface area contributed by atoms with Crippen LogP contribution < -0.4 is 4.89 Å². The van der Waals surface area contributed by atoms with E-state index in [9.17, 15) is 9.46 Å². The Morgan fingerprint density at radius 1 is 1.67 bits per heavy atom. The van der Waals surface area contributed by atoms with Gasteiger partial charge in [-0.25, -0.2) is 4.58 Å². The van der Waals surface area contributed by atoms with E-state index in [1.807, 2.05) is 0 Å². The van der Waals surface area contributed by atoms with Crippen molar-refractivity contribution in [2.24, 2.45) is 0 Å². The lowest BCUT2D eigenvalue weighted by Crippen LogP contribution is -2.23. The Morgan fingerprint density at radius 2 is 2.20 bits per heavy atom. The molecule has 0 amide bonds. The molecule has 8 heteroatoms. The molecule has 0 aromatic carbocycles. The maximum Gasteiger partial charge on any atom is 0.232 e. The van der Waals surface area contributed by atoms with Crippen molar-refractivity contribution in [3.05, 3.63) is 0 Å². The molecule has 1 fully saturated rings. The normalized spacial score (nSPS) is 23.8.